The molecule has 2 saturated heterocycles. The van der Waals surface area contributed by atoms with Gasteiger partial charge in [-0.05, 0) is 25.3 Å². The van der Waals surface area contributed by atoms with E-state index in [4.69, 9.17) is 14.2 Å². The predicted molar refractivity (Wildman–Crippen MR) is 73.1 cm³/mol. The maximum Gasteiger partial charge on any atom is 0.313 e. The molecular formula is C15H23NO4. The lowest BCUT2D eigenvalue weighted by Crippen LogP contribution is -2.45. The third-order valence-corrected chi connectivity index (χ3v) is 4.85. The predicted octanol–water partition coefficient (Wildman–Crippen LogP) is 1.19. The van der Waals surface area contributed by atoms with E-state index in [2.05, 4.69) is 11.0 Å². The molecule has 0 aromatic rings. The first-order chi connectivity index (χ1) is 9.74. The topological polar surface area (TPSA) is 48.0 Å². The van der Waals surface area contributed by atoms with Gasteiger partial charge in [0, 0.05) is 32.2 Å². The summed E-state index contributed by atoms with van der Waals surface area (Å²) in [6, 6.07) is 0. The highest BCUT2D eigenvalue weighted by molar-refractivity contribution is 5.78. The molecular weight excluding hydrogens is 258 g/mol. The number of methoxy groups -OCH3 is 1. The highest BCUT2D eigenvalue weighted by atomic mass is 16.5. The minimum atomic E-state index is -0.364. The molecule has 3 aliphatic rings. The molecule has 20 heavy (non-hydrogen) atoms. The minimum absolute atomic E-state index is 0.0715. The monoisotopic (exact) mass is 281 g/mol. The van der Waals surface area contributed by atoms with Crippen LogP contribution in [0.25, 0.3) is 0 Å². The van der Waals surface area contributed by atoms with Crippen molar-refractivity contribution in [1.82, 2.24) is 4.90 Å². The third-order valence-electron chi connectivity index (χ3n) is 4.85. The van der Waals surface area contributed by atoms with E-state index >= 15 is 0 Å². The second-order valence-electron chi connectivity index (χ2n) is 6.07. The lowest BCUT2D eigenvalue weighted by Gasteiger charge is -2.35. The number of likely N-dealkylation sites (tertiary alicyclic amines) is 1. The van der Waals surface area contributed by atoms with Crippen molar-refractivity contribution in [3.05, 3.63) is 12.3 Å². The van der Waals surface area contributed by atoms with Gasteiger partial charge in [-0.2, -0.15) is 0 Å². The van der Waals surface area contributed by atoms with Crippen LogP contribution in [0, 0.1) is 11.3 Å². The molecule has 0 bridgehead atoms. The zero-order valence-electron chi connectivity index (χ0n) is 12.0. The van der Waals surface area contributed by atoms with E-state index in [9.17, 15) is 4.79 Å². The molecule has 0 aromatic heterocycles. The van der Waals surface area contributed by atoms with E-state index < -0.39 is 0 Å². The Bertz CT molecular complexity index is 397. The molecule has 112 valence electrons. The summed E-state index contributed by atoms with van der Waals surface area (Å²) in [5.74, 6) is 0.181. The fourth-order valence-electron chi connectivity index (χ4n) is 3.74. The Morgan fingerprint density at radius 1 is 1.55 bits per heavy atom. The lowest BCUT2D eigenvalue weighted by molar-refractivity contribution is -0.161. The molecule has 3 heterocycles. The van der Waals surface area contributed by atoms with Gasteiger partial charge in [0.25, 0.3) is 0 Å². The third kappa shape index (κ3) is 2.44. The zero-order chi connectivity index (χ0) is 14.0. The number of allylic oxidation sites excluding steroid dienone is 1. The average molecular weight is 281 g/mol. The smallest absolute Gasteiger partial charge is 0.313 e. The molecule has 0 N–H and O–H groups in total. The van der Waals surface area contributed by atoms with Crippen molar-refractivity contribution in [2.75, 3.05) is 40.0 Å². The first-order valence-electron chi connectivity index (χ1n) is 7.43. The molecule has 0 aromatic carbocycles. The summed E-state index contributed by atoms with van der Waals surface area (Å²) < 4.78 is 16.3. The van der Waals surface area contributed by atoms with Gasteiger partial charge in [0.15, 0.2) is 0 Å². The van der Waals surface area contributed by atoms with Crippen molar-refractivity contribution < 1.29 is 19.0 Å². The lowest BCUT2D eigenvalue weighted by atomic mass is 9.74. The van der Waals surface area contributed by atoms with Gasteiger partial charge in [-0.3, -0.25) is 9.69 Å². The van der Waals surface area contributed by atoms with Crippen LogP contribution in [-0.2, 0) is 19.0 Å². The average Bonchev–Trinajstić information content (AvgIpc) is 2.86. The number of fused-ring (bicyclic) bond motifs is 1. The summed E-state index contributed by atoms with van der Waals surface area (Å²) in [6.45, 7) is 3.88. The van der Waals surface area contributed by atoms with Crippen LogP contribution in [-0.4, -0.2) is 56.9 Å². The molecule has 5 nitrogen and oxygen atoms in total. The molecule has 2 fully saturated rings. The van der Waals surface area contributed by atoms with Crippen LogP contribution >= 0.6 is 0 Å². The van der Waals surface area contributed by atoms with Gasteiger partial charge in [0.1, 0.15) is 6.10 Å². The Balaban J connectivity index is 1.67. The maximum absolute atomic E-state index is 12.3. The van der Waals surface area contributed by atoms with Crippen molar-refractivity contribution >= 4 is 5.97 Å². The Hall–Kier alpha value is -1.07. The molecule has 0 radical (unpaired) electrons. The van der Waals surface area contributed by atoms with Gasteiger partial charge >= 0.3 is 5.97 Å². The number of hydrogen-bond donors (Lipinski definition) is 0. The summed E-state index contributed by atoms with van der Waals surface area (Å²) in [7, 11) is 1.49. The number of carbonyl (C=O) groups excluding carboxylic acids is 1. The number of rotatable bonds is 3. The molecule has 0 saturated carbocycles. The van der Waals surface area contributed by atoms with Gasteiger partial charge < -0.3 is 14.2 Å². The highest BCUT2D eigenvalue weighted by Gasteiger charge is 2.54. The standard InChI is InChI=1S/C15H23NO4/c1-18-14(17)15-5-7-19-10-12(15)8-16(11-15)9-13-4-2-3-6-20-13/h3,6,12-13H,2,4-5,7-11H2,1H3/t12-,13+,15+/m0/s1. The summed E-state index contributed by atoms with van der Waals surface area (Å²) in [5.41, 5.74) is -0.364. The second-order valence-corrected chi connectivity index (χ2v) is 6.07. The van der Waals surface area contributed by atoms with Gasteiger partial charge in [-0.15, -0.1) is 0 Å². The van der Waals surface area contributed by atoms with Crippen molar-refractivity contribution in [2.45, 2.75) is 25.4 Å². The van der Waals surface area contributed by atoms with E-state index in [1.54, 1.807) is 6.26 Å². The van der Waals surface area contributed by atoms with E-state index in [-0.39, 0.29) is 23.4 Å². The quantitative estimate of drug-likeness (QED) is 0.727. The van der Waals surface area contributed by atoms with Gasteiger partial charge in [-0.25, -0.2) is 0 Å². The number of carbonyl (C=O) groups is 1. The minimum Gasteiger partial charge on any atom is -0.497 e. The summed E-state index contributed by atoms with van der Waals surface area (Å²) in [4.78, 5) is 14.6. The molecule has 0 amide bonds. The van der Waals surface area contributed by atoms with E-state index in [1.807, 2.05) is 0 Å². The summed E-state index contributed by atoms with van der Waals surface area (Å²) in [6.07, 6.45) is 7.01. The van der Waals surface area contributed by atoms with Crippen LogP contribution in [0.4, 0.5) is 0 Å². The molecule has 5 heteroatoms. The van der Waals surface area contributed by atoms with Crippen LogP contribution in [0.3, 0.4) is 0 Å². The van der Waals surface area contributed by atoms with Crippen LogP contribution in [0.5, 0.6) is 0 Å². The number of nitrogens with zero attached hydrogens (tertiary/aromatic N) is 1. The molecule has 3 rings (SSSR count). The first-order valence-corrected chi connectivity index (χ1v) is 7.43. The molecule has 0 aliphatic carbocycles. The van der Waals surface area contributed by atoms with Crippen molar-refractivity contribution in [1.29, 1.82) is 0 Å². The van der Waals surface area contributed by atoms with Crippen LogP contribution < -0.4 is 0 Å². The van der Waals surface area contributed by atoms with Crippen molar-refractivity contribution in [3.63, 3.8) is 0 Å². The fraction of sp³-hybridized carbons (Fsp3) is 0.800. The Morgan fingerprint density at radius 3 is 3.20 bits per heavy atom. The Morgan fingerprint density at radius 2 is 2.45 bits per heavy atom. The van der Waals surface area contributed by atoms with Gasteiger partial charge in [0.2, 0.25) is 0 Å². The van der Waals surface area contributed by atoms with E-state index in [0.29, 0.717) is 13.2 Å². The summed E-state index contributed by atoms with van der Waals surface area (Å²) in [5, 5.41) is 0. The molecule has 0 unspecified atom stereocenters. The normalized spacial score (nSPS) is 37.2. The highest BCUT2D eigenvalue weighted by Crippen LogP contribution is 2.43. The zero-order valence-corrected chi connectivity index (χ0v) is 12.0. The molecule has 3 atom stereocenters. The first kappa shape index (κ1) is 13.9. The maximum atomic E-state index is 12.3. The molecule has 0 spiro atoms. The van der Waals surface area contributed by atoms with Crippen molar-refractivity contribution in [2.24, 2.45) is 11.3 Å². The van der Waals surface area contributed by atoms with Crippen molar-refractivity contribution in [3.8, 4) is 0 Å². The van der Waals surface area contributed by atoms with Crippen LogP contribution in [0.1, 0.15) is 19.3 Å². The van der Waals surface area contributed by atoms with Crippen LogP contribution in [0.15, 0.2) is 12.3 Å². The Kier molecular flexibility index (Phi) is 3.98. The van der Waals surface area contributed by atoms with E-state index in [1.165, 1.54) is 7.11 Å². The number of esters is 1. The number of hydrogen-bond acceptors (Lipinski definition) is 5. The summed E-state index contributed by atoms with van der Waals surface area (Å²) >= 11 is 0. The fourth-order valence-corrected chi connectivity index (χ4v) is 3.74. The van der Waals surface area contributed by atoms with E-state index in [0.717, 1.165) is 38.9 Å². The largest absolute Gasteiger partial charge is 0.497 e. The SMILES string of the molecule is COC(=O)[C@@]12CCOC[C@@H]1CN(C[C@H]1CCC=CO1)C2. The molecule has 3 aliphatic heterocycles. The number of ether oxygens (including phenoxy) is 3. The van der Waals surface area contributed by atoms with Crippen LogP contribution in [0.2, 0.25) is 0 Å². The second kappa shape index (κ2) is 5.74. The van der Waals surface area contributed by atoms with Gasteiger partial charge in [-0.1, -0.05) is 0 Å². The van der Waals surface area contributed by atoms with Gasteiger partial charge in [0.05, 0.1) is 25.4 Å². The Labute approximate surface area is 119 Å².